The third-order valence-corrected chi connectivity index (χ3v) is 4.07. The number of rotatable bonds is 5. The molecule has 7 nitrogen and oxygen atoms in total. The van der Waals surface area contributed by atoms with Crippen LogP contribution in [0, 0.1) is 11.3 Å². The van der Waals surface area contributed by atoms with Crippen molar-refractivity contribution in [1.29, 1.82) is 5.26 Å². The van der Waals surface area contributed by atoms with E-state index in [1.807, 2.05) is 6.07 Å². The van der Waals surface area contributed by atoms with E-state index in [9.17, 15) is 14.4 Å². The third-order valence-electron chi connectivity index (χ3n) is 4.07. The Bertz CT molecular complexity index is 894. The summed E-state index contributed by atoms with van der Waals surface area (Å²) < 4.78 is 5.12. The quantitative estimate of drug-likeness (QED) is 0.609. The van der Waals surface area contributed by atoms with Gasteiger partial charge in [-0.1, -0.05) is 6.08 Å². The van der Waals surface area contributed by atoms with Crippen molar-refractivity contribution in [2.75, 3.05) is 11.4 Å². The van der Waals surface area contributed by atoms with Crippen LogP contribution in [0.3, 0.4) is 0 Å². The van der Waals surface area contributed by atoms with E-state index in [4.69, 9.17) is 9.68 Å². The van der Waals surface area contributed by atoms with Gasteiger partial charge in [0.1, 0.15) is 6.04 Å². The van der Waals surface area contributed by atoms with Crippen LogP contribution in [0.1, 0.15) is 22.5 Å². The smallest absolute Gasteiger partial charge is 0.290 e. The molecule has 1 aliphatic heterocycles. The van der Waals surface area contributed by atoms with Crippen LogP contribution in [0.25, 0.3) is 0 Å². The van der Waals surface area contributed by atoms with E-state index in [1.165, 1.54) is 47.6 Å². The third kappa shape index (κ3) is 3.00. The summed E-state index contributed by atoms with van der Waals surface area (Å²) in [6.45, 7) is 3.71. The molecular weight excluding hydrogens is 334 g/mol. The van der Waals surface area contributed by atoms with Crippen LogP contribution in [0.4, 0.5) is 5.69 Å². The van der Waals surface area contributed by atoms with Crippen LogP contribution in [-0.4, -0.2) is 35.2 Å². The zero-order chi connectivity index (χ0) is 18.7. The summed E-state index contributed by atoms with van der Waals surface area (Å²) in [4.78, 5) is 40.2. The fourth-order valence-corrected chi connectivity index (χ4v) is 2.85. The molecular formula is C19H15N3O4. The van der Waals surface area contributed by atoms with E-state index in [1.54, 1.807) is 6.07 Å². The molecule has 1 aromatic carbocycles. The zero-order valence-corrected chi connectivity index (χ0v) is 13.8. The van der Waals surface area contributed by atoms with Gasteiger partial charge in [0.15, 0.2) is 5.76 Å². The molecule has 0 N–H and O–H groups in total. The highest BCUT2D eigenvalue weighted by atomic mass is 16.3. The first-order valence-corrected chi connectivity index (χ1v) is 7.89. The molecule has 0 radical (unpaired) electrons. The van der Waals surface area contributed by atoms with Crippen molar-refractivity contribution in [3.05, 3.63) is 66.6 Å². The predicted molar refractivity (Wildman–Crippen MR) is 92.0 cm³/mol. The topological polar surface area (TPSA) is 94.6 Å². The number of nitriles is 1. The minimum Gasteiger partial charge on any atom is -0.459 e. The largest absolute Gasteiger partial charge is 0.459 e. The van der Waals surface area contributed by atoms with Crippen molar-refractivity contribution in [1.82, 2.24) is 4.90 Å². The molecule has 1 fully saturated rings. The Labute approximate surface area is 149 Å². The Morgan fingerprint density at radius 2 is 2.08 bits per heavy atom. The fourth-order valence-electron chi connectivity index (χ4n) is 2.85. The Kier molecular flexibility index (Phi) is 4.67. The van der Waals surface area contributed by atoms with Crippen LogP contribution in [0.5, 0.6) is 0 Å². The zero-order valence-electron chi connectivity index (χ0n) is 13.8. The van der Waals surface area contributed by atoms with Gasteiger partial charge in [-0.2, -0.15) is 5.26 Å². The summed E-state index contributed by atoms with van der Waals surface area (Å²) in [6, 6.07) is 10.2. The van der Waals surface area contributed by atoms with Gasteiger partial charge < -0.3 is 9.32 Å². The molecule has 1 atom stereocenters. The maximum Gasteiger partial charge on any atom is 0.290 e. The number of amides is 3. The standard InChI is InChI=1S/C19H15N3O4/c1-2-9-21(19(25)16-4-3-10-26-16)15-11-17(23)22(18(15)24)14-7-5-13(12-20)6-8-14/h2-8,10,15H,1,9,11H2. The summed E-state index contributed by atoms with van der Waals surface area (Å²) in [5.74, 6) is -1.31. The molecule has 0 bridgehead atoms. The number of benzene rings is 1. The Hall–Kier alpha value is -3.66. The average Bonchev–Trinajstić information content (AvgIpc) is 3.28. The molecule has 1 unspecified atom stereocenters. The van der Waals surface area contributed by atoms with Crippen LogP contribution >= 0.6 is 0 Å². The highest BCUT2D eigenvalue weighted by Gasteiger charge is 2.44. The second-order valence-electron chi connectivity index (χ2n) is 5.67. The van der Waals surface area contributed by atoms with Crippen LogP contribution in [0.15, 0.2) is 59.7 Å². The lowest BCUT2D eigenvalue weighted by Crippen LogP contribution is -2.45. The maximum atomic E-state index is 12.8. The molecule has 7 heteroatoms. The van der Waals surface area contributed by atoms with E-state index in [-0.39, 0.29) is 18.7 Å². The van der Waals surface area contributed by atoms with Crippen molar-refractivity contribution in [3.63, 3.8) is 0 Å². The first-order valence-electron chi connectivity index (χ1n) is 7.89. The molecule has 1 saturated heterocycles. The number of carbonyl (C=O) groups is 3. The molecule has 3 rings (SSSR count). The van der Waals surface area contributed by atoms with E-state index >= 15 is 0 Å². The lowest BCUT2D eigenvalue weighted by molar-refractivity contribution is -0.122. The highest BCUT2D eigenvalue weighted by Crippen LogP contribution is 2.27. The number of nitrogens with zero attached hydrogens (tertiary/aromatic N) is 3. The van der Waals surface area contributed by atoms with Gasteiger partial charge in [0.2, 0.25) is 5.91 Å². The van der Waals surface area contributed by atoms with Crippen molar-refractivity contribution >= 4 is 23.4 Å². The van der Waals surface area contributed by atoms with Gasteiger partial charge in [-0.05, 0) is 36.4 Å². The van der Waals surface area contributed by atoms with Gasteiger partial charge in [-0.15, -0.1) is 6.58 Å². The Balaban J connectivity index is 1.89. The van der Waals surface area contributed by atoms with Crippen molar-refractivity contribution < 1.29 is 18.8 Å². The van der Waals surface area contributed by atoms with Crippen molar-refractivity contribution in [2.24, 2.45) is 0 Å². The summed E-state index contributed by atoms with van der Waals surface area (Å²) >= 11 is 0. The van der Waals surface area contributed by atoms with Gasteiger partial charge in [0.05, 0.1) is 30.0 Å². The molecule has 1 aromatic heterocycles. The van der Waals surface area contributed by atoms with Gasteiger partial charge >= 0.3 is 0 Å². The van der Waals surface area contributed by atoms with Crippen molar-refractivity contribution in [2.45, 2.75) is 12.5 Å². The molecule has 2 heterocycles. The lowest BCUT2D eigenvalue weighted by atomic mass is 10.2. The fraction of sp³-hybridized carbons (Fsp3) is 0.158. The number of imide groups is 1. The Morgan fingerprint density at radius 3 is 2.65 bits per heavy atom. The van der Waals surface area contributed by atoms with Gasteiger partial charge in [0, 0.05) is 6.54 Å². The van der Waals surface area contributed by atoms with Crippen LogP contribution < -0.4 is 4.90 Å². The van der Waals surface area contributed by atoms with Crippen LogP contribution in [0.2, 0.25) is 0 Å². The number of anilines is 1. The molecule has 3 amide bonds. The average molecular weight is 349 g/mol. The minimum absolute atomic E-state index is 0.0870. The normalized spacial score (nSPS) is 16.4. The van der Waals surface area contributed by atoms with E-state index in [0.717, 1.165) is 4.90 Å². The van der Waals surface area contributed by atoms with Gasteiger partial charge in [-0.3, -0.25) is 14.4 Å². The second-order valence-corrected chi connectivity index (χ2v) is 5.67. The van der Waals surface area contributed by atoms with E-state index < -0.39 is 23.8 Å². The number of furan rings is 1. The number of carbonyl (C=O) groups excluding carboxylic acids is 3. The SMILES string of the molecule is C=CCN(C(=O)c1ccco1)C1CC(=O)N(c2ccc(C#N)cc2)C1=O. The molecule has 1 aliphatic rings. The molecule has 130 valence electrons. The van der Waals surface area contributed by atoms with Crippen LogP contribution in [-0.2, 0) is 9.59 Å². The number of hydrogen-bond donors (Lipinski definition) is 0. The summed E-state index contributed by atoms with van der Waals surface area (Å²) in [6.07, 6.45) is 2.73. The predicted octanol–water partition coefficient (Wildman–Crippen LogP) is 2.11. The molecule has 26 heavy (non-hydrogen) atoms. The Morgan fingerprint density at radius 1 is 1.35 bits per heavy atom. The highest BCUT2D eigenvalue weighted by molar-refractivity contribution is 6.23. The number of hydrogen-bond acceptors (Lipinski definition) is 5. The monoisotopic (exact) mass is 349 g/mol. The summed E-state index contributed by atoms with van der Waals surface area (Å²) in [5.41, 5.74) is 0.788. The second kappa shape index (κ2) is 7.07. The summed E-state index contributed by atoms with van der Waals surface area (Å²) in [5, 5.41) is 8.86. The molecule has 0 spiro atoms. The summed E-state index contributed by atoms with van der Waals surface area (Å²) in [7, 11) is 0. The van der Waals surface area contributed by atoms with E-state index in [2.05, 4.69) is 6.58 Å². The lowest BCUT2D eigenvalue weighted by Gasteiger charge is -2.25. The van der Waals surface area contributed by atoms with E-state index in [0.29, 0.717) is 11.3 Å². The minimum atomic E-state index is -0.936. The first-order chi connectivity index (χ1) is 12.6. The first kappa shape index (κ1) is 17.2. The van der Waals surface area contributed by atoms with Gasteiger partial charge in [0.25, 0.3) is 11.8 Å². The molecule has 2 aromatic rings. The maximum absolute atomic E-state index is 12.8. The molecule has 0 saturated carbocycles. The van der Waals surface area contributed by atoms with Crippen molar-refractivity contribution in [3.8, 4) is 6.07 Å². The van der Waals surface area contributed by atoms with Gasteiger partial charge in [-0.25, -0.2) is 4.90 Å². The molecule has 0 aliphatic carbocycles.